The number of amides is 2. The molecule has 2 N–H and O–H groups in total. The summed E-state index contributed by atoms with van der Waals surface area (Å²) in [5.74, 6) is -2.74. The largest absolute Gasteiger partial charge is 0.478 e. The molecule has 0 atom stereocenters. The number of likely N-dealkylation sites (N-methyl/N-ethyl adjacent to an activating group) is 1. The van der Waals surface area contributed by atoms with Crippen LogP contribution in [-0.4, -0.2) is 48.7 Å². The van der Waals surface area contributed by atoms with Crippen molar-refractivity contribution in [3.05, 3.63) is 29.6 Å². The summed E-state index contributed by atoms with van der Waals surface area (Å²) in [6.45, 7) is -0.300. The minimum atomic E-state index is -1.38. The van der Waals surface area contributed by atoms with E-state index in [0.717, 1.165) is 23.1 Å². The molecule has 0 aliphatic heterocycles. The van der Waals surface area contributed by atoms with Gasteiger partial charge in [0.15, 0.2) is 0 Å². The van der Waals surface area contributed by atoms with Gasteiger partial charge in [-0.2, -0.15) is 0 Å². The van der Waals surface area contributed by atoms with Gasteiger partial charge in [-0.15, -0.1) is 0 Å². The first-order valence-electron chi connectivity index (χ1n) is 5.47. The fourth-order valence-electron chi connectivity index (χ4n) is 1.34. The molecule has 1 rings (SSSR count). The molecule has 8 heteroatoms. The second kappa shape index (κ2) is 6.50. The van der Waals surface area contributed by atoms with Gasteiger partial charge >= 0.3 is 18.0 Å². The van der Waals surface area contributed by atoms with Gasteiger partial charge in [0.1, 0.15) is 12.4 Å². The van der Waals surface area contributed by atoms with E-state index in [4.69, 9.17) is 5.11 Å². The van der Waals surface area contributed by atoms with Crippen LogP contribution in [0.5, 0.6) is 0 Å². The number of carboxylic acid groups (broad SMARTS) is 1. The molecule has 0 saturated heterocycles. The van der Waals surface area contributed by atoms with Crippen LogP contribution in [0.15, 0.2) is 18.2 Å². The maximum Gasteiger partial charge on any atom is 0.337 e. The molecule has 0 bridgehead atoms. The van der Waals surface area contributed by atoms with Crippen molar-refractivity contribution in [3.63, 3.8) is 0 Å². The number of urea groups is 1. The normalized spacial score (nSPS) is 9.75. The fourth-order valence-corrected chi connectivity index (χ4v) is 1.34. The van der Waals surface area contributed by atoms with Crippen LogP contribution in [0.2, 0.25) is 0 Å². The Balaban J connectivity index is 2.85. The number of rotatable bonds is 4. The van der Waals surface area contributed by atoms with Gasteiger partial charge in [-0.05, 0) is 18.2 Å². The first-order chi connectivity index (χ1) is 9.35. The maximum absolute atomic E-state index is 13.0. The summed E-state index contributed by atoms with van der Waals surface area (Å²) in [6.07, 6.45) is 0. The molecule has 1 aromatic carbocycles. The van der Waals surface area contributed by atoms with Crippen molar-refractivity contribution >= 4 is 23.7 Å². The van der Waals surface area contributed by atoms with E-state index in [9.17, 15) is 18.8 Å². The number of hydrogen-bond acceptors (Lipinski definition) is 4. The van der Waals surface area contributed by atoms with E-state index >= 15 is 0 Å². The Labute approximate surface area is 113 Å². The molecule has 0 unspecified atom stereocenters. The Morgan fingerprint density at radius 3 is 2.60 bits per heavy atom. The van der Waals surface area contributed by atoms with Gasteiger partial charge in [-0.1, -0.05) is 0 Å². The number of hydrogen-bond donors (Lipinski definition) is 2. The van der Waals surface area contributed by atoms with E-state index in [-0.39, 0.29) is 17.8 Å². The van der Waals surface area contributed by atoms with Gasteiger partial charge in [0.05, 0.1) is 18.4 Å². The van der Waals surface area contributed by atoms with Gasteiger partial charge in [0.25, 0.3) is 0 Å². The zero-order valence-corrected chi connectivity index (χ0v) is 10.8. The number of carbonyl (C=O) groups excluding carboxylic acids is 2. The monoisotopic (exact) mass is 284 g/mol. The lowest BCUT2D eigenvalue weighted by molar-refractivity contribution is -0.140. The van der Waals surface area contributed by atoms with Crippen molar-refractivity contribution in [2.45, 2.75) is 0 Å². The molecule has 1 aromatic rings. The van der Waals surface area contributed by atoms with Crippen LogP contribution in [0.4, 0.5) is 14.9 Å². The van der Waals surface area contributed by atoms with Crippen molar-refractivity contribution in [2.24, 2.45) is 0 Å². The number of nitrogens with one attached hydrogen (secondary N) is 1. The molecule has 2 amide bonds. The molecule has 20 heavy (non-hydrogen) atoms. The Hall–Kier alpha value is -2.64. The molecule has 0 spiro atoms. The van der Waals surface area contributed by atoms with Crippen molar-refractivity contribution in [2.75, 3.05) is 26.0 Å². The highest BCUT2D eigenvalue weighted by atomic mass is 19.1. The van der Waals surface area contributed by atoms with Gasteiger partial charge in [-0.25, -0.2) is 14.0 Å². The van der Waals surface area contributed by atoms with Gasteiger partial charge in [0.2, 0.25) is 0 Å². The molecular formula is C12H13FN2O5. The average Bonchev–Trinajstić information content (AvgIpc) is 2.40. The van der Waals surface area contributed by atoms with E-state index in [1.165, 1.54) is 14.2 Å². The second-order valence-corrected chi connectivity index (χ2v) is 3.86. The molecule has 7 nitrogen and oxygen atoms in total. The minimum absolute atomic E-state index is 0.0689. The Bertz CT molecular complexity index is 547. The lowest BCUT2D eigenvalue weighted by Gasteiger charge is -2.17. The third kappa shape index (κ3) is 3.94. The van der Waals surface area contributed by atoms with Crippen LogP contribution in [0.1, 0.15) is 10.4 Å². The van der Waals surface area contributed by atoms with E-state index in [0.29, 0.717) is 0 Å². The van der Waals surface area contributed by atoms with Crippen LogP contribution < -0.4 is 5.32 Å². The average molecular weight is 284 g/mol. The topological polar surface area (TPSA) is 95.9 Å². The summed E-state index contributed by atoms with van der Waals surface area (Å²) in [4.78, 5) is 34.7. The number of aromatic carboxylic acids is 1. The number of esters is 1. The quantitative estimate of drug-likeness (QED) is 0.809. The number of nitrogens with zero attached hydrogens (tertiary/aromatic N) is 1. The number of carboxylic acids is 1. The first kappa shape index (κ1) is 15.4. The molecule has 0 heterocycles. The van der Waals surface area contributed by atoms with E-state index in [1.54, 1.807) is 0 Å². The molecule has 0 radical (unpaired) electrons. The highest BCUT2D eigenvalue weighted by Crippen LogP contribution is 2.17. The molecule has 0 aliphatic carbocycles. The highest BCUT2D eigenvalue weighted by molar-refractivity contribution is 6.00. The van der Waals surface area contributed by atoms with Gasteiger partial charge < -0.3 is 20.1 Å². The van der Waals surface area contributed by atoms with Crippen LogP contribution in [0.3, 0.4) is 0 Å². The Morgan fingerprint density at radius 2 is 2.05 bits per heavy atom. The number of ether oxygens (including phenoxy) is 1. The predicted molar refractivity (Wildman–Crippen MR) is 67.0 cm³/mol. The lowest BCUT2D eigenvalue weighted by Crippen LogP contribution is -2.36. The highest BCUT2D eigenvalue weighted by Gasteiger charge is 2.17. The molecule has 0 fully saturated rings. The number of carbonyl (C=O) groups is 3. The SMILES string of the molecule is COC(=O)CN(C)C(=O)Nc1ccc(F)cc1C(=O)O. The van der Waals surface area contributed by atoms with Crippen LogP contribution in [0, 0.1) is 5.82 Å². The van der Waals surface area contributed by atoms with Crippen LogP contribution >= 0.6 is 0 Å². The first-order valence-corrected chi connectivity index (χ1v) is 5.47. The summed E-state index contributed by atoms with van der Waals surface area (Å²) >= 11 is 0. The van der Waals surface area contributed by atoms with Crippen molar-refractivity contribution < 1.29 is 28.6 Å². The predicted octanol–water partition coefficient (Wildman–Crippen LogP) is 1.16. The smallest absolute Gasteiger partial charge is 0.337 e. The molecule has 0 aromatic heterocycles. The van der Waals surface area contributed by atoms with E-state index in [1.807, 2.05) is 0 Å². The summed E-state index contributed by atoms with van der Waals surface area (Å²) in [6, 6.07) is 2.22. The summed E-state index contributed by atoms with van der Waals surface area (Å²) in [5.41, 5.74) is -0.453. The number of benzene rings is 1. The number of anilines is 1. The zero-order chi connectivity index (χ0) is 15.3. The molecular weight excluding hydrogens is 271 g/mol. The Kier molecular flexibility index (Phi) is 5.01. The third-order valence-electron chi connectivity index (χ3n) is 2.39. The third-order valence-corrected chi connectivity index (χ3v) is 2.39. The molecule has 0 saturated carbocycles. The zero-order valence-electron chi connectivity index (χ0n) is 10.8. The number of methoxy groups -OCH3 is 1. The van der Waals surface area contributed by atoms with Gasteiger partial charge in [-0.3, -0.25) is 4.79 Å². The van der Waals surface area contributed by atoms with Crippen molar-refractivity contribution in [1.82, 2.24) is 4.90 Å². The Morgan fingerprint density at radius 1 is 1.40 bits per heavy atom. The lowest BCUT2D eigenvalue weighted by atomic mass is 10.1. The molecule has 108 valence electrons. The summed E-state index contributed by atoms with van der Waals surface area (Å²) in [5, 5.41) is 11.2. The molecule has 0 aliphatic rings. The van der Waals surface area contributed by atoms with E-state index in [2.05, 4.69) is 10.1 Å². The number of halogens is 1. The van der Waals surface area contributed by atoms with Crippen LogP contribution in [0.25, 0.3) is 0 Å². The second-order valence-electron chi connectivity index (χ2n) is 3.86. The van der Waals surface area contributed by atoms with Gasteiger partial charge in [0, 0.05) is 7.05 Å². The maximum atomic E-state index is 13.0. The standard InChI is InChI=1S/C12H13FN2O5/c1-15(6-10(16)20-2)12(19)14-9-4-3-7(13)5-8(9)11(17)18/h3-5H,6H2,1-2H3,(H,14,19)(H,17,18). The minimum Gasteiger partial charge on any atom is -0.478 e. The summed E-state index contributed by atoms with van der Waals surface area (Å²) in [7, 11) is 2.51. The fraction of sp³-hybridized carbons (Fsp3) is 0.250. The van der Waals surface area contributed by atoms with Crippen molar-refractivity contribution in [3.8, 4) is 0 Å². The van der Waals surface area contributed by atoms with E-state index < -0.39 is 23.8 Å². The summed E-state index contributed by atoms with van der Waals surface area (Å²) < 4.78 is 17.4. The van der Waals surface area contributed by atoms with Crippen LogP contribution in [-0.2, 0) is 9.53 Å². The van der Waals surface area contributed by atoms with Crippen molar-refractivity contribution in [1.29, 1.82) is 0 Å².